The normalized spacial score (nSPS) is 33.9. The maximum absolute atomic E-state index is 12.1. The second kappa shape index (κ2) is 5.84. The SMILES string of the molecule is CCC1COC(C)CN1C(=O)[C@H]1CCN1.Cl. The van der Waals surface area contributed by atoms with Gasteiger partial charge in [-0.1, -0.05) is 6.92 Å². The van der Waals surface area contributed by atoms with E-state index in [4.69, 9.17) is 4.74 Å². The van der Waals surface area contributed by atoms with Crippen LogP contribution in [0.15, 0.2) is 0 Å². The number of carbonyl (C=O) groups excluding carboxylic acids is 1. The smallest absolute Gasteiger partial charge is 0.240 e. The molecule has 0 spiro atoms. The van der Waals surface area contributed by atoms with E-state index < -0.39 is 0 Å². The van der Waals surface area contributed by atoms with Crippen molar-refractivity contribution < 1.29 is 9.53 Å². The Morgan fingerprint density at radius 1 is 1.56 bits per heavy atom. The van der Waals surface area contributed by atoms with E-state index in [0.717, 1.165) is 25.9 Å². The highest BCUT2D eigenvalue weighted by Gasteiger charge is 2.35. The number of amides is 1. The topological polar surface area (TPSA) is 41.6 Å². The summed E-state index contributed by atoms with van der Waals surface area (Å²) in [6.07, 6.45) is 2.14. The quantitative estimate of drug-likeness (QED) is 0.786. The molecular formula is C11H21ClN2O2. The Balaban J connectivity index is 0.00000128. The maximum Gasteiger partial charge on any atom is 0.240 e. The predicted octanol–water partition coefficient (Wildman–Crippen LogP) is 0.796. The summed E-state index contributed by atoms with van der Waals surface area (Å²) in [6, 6.07) is 0.348. The van der Waals surface area contributed by atoms with Crippen molar-refractivity contribution in [3.05, 3.63) is 0 Å². The third kappa shape index (κ3) is 2.67. The molecule has 0 saturated carbocycles. The largest absolute Gasteiger partial charge is 0.375 e. The third-order valence-electron chi connectivity index (χ3n) is 3.34. The van der Waals surface area contributed by atoms with Crippen LogP contribution in [-0.2, 0) is 9.53 Å². The fourth-order valence-corrected chi connectivity index (χ4v) is 2.15. The molecule has 2 unspecified atom stereocenters. The molecule has 2 saturated heterocycles. The first-order valence-electron chi connectivity index (χ1n) is 5.87. The van der Waals surface area contributed by atoms with E-state index >= 15 is 0 Å². The first-order valence-corrected chi connectivity index (χ1v) is 5.87. The molecule has 5 heteroatoms. The van der Waals surface area contributed by atoms with E-state index in [-0.39, 0.29) is 36.5 Å². The van der Waals surface area contributed by atoms with E-state index in [2.05, 4.69) is 12.2 Å². The molecule has 94 valence electrons. The lowest BCUT2D eigenvalue weighted by atomic mass is 10.0. The van der Waals surface area contributed by atoms with Gasteiger partial charge in [0.25, 0.3) is 0 Å². The molecular weight excluding hydrogens is 228 g/mol. The van der Waals surface area contributed by atoms with E-state index in [1.165, 1.54) is 0 Å². The Kier molecular flexibility index (Phi) is 5.02. The molecule has 0 aromatic heterocycles. The Morgan fingerprint density at radius 3 is 2.75 bits per heavy atom. The van der Waals surface area contributed by atoms with Gasteiger partial charge in [-0.15, -0.1) is 12.4 Å². The highest BCUT2D eigenvalue weighted by molar-refractivity contribution is 5.85. The summed E-state index contributed by atoms with van der Waals surface area (Å²) in [5.74, 6) is 0.267. The van der Waals surface area contributed by atoms with Crippen LogP contribution < -0.4 is 5.32 Å². The summed E-state index contributed by atoms with van der Waals surface area (Å²) in [6.45, 7) is 6.55. The molecule has 0 bridgehead atoms. The molecule has 3 atom stereocenters. The van der Waals surface area contributed by atoms with Crippen LogP contribution in [-0.4, -0.2) is 48.7 Å². The molecule has 0 aromatic carbocycles. The number of halogens is 1. The van der Waals surface area contributed by atoms with Crippen LogP contribution in [0.25, 0.3) is 0 Å². The fraction of sp³-hybridized carbons (Fsp3) is 0.909. The molecule has 1 N–H and O–H groups in total. The van der Waals surface area contributed by atoms with Gasteiger partial charge in [0.15, 0.2) is 0 Å². The van der Waals surface area contributed by atoms with E-state index in [0.29, 0.717) is 6.61 Å². The standard InChI is InChI=1S/C11H20N2O2.ClH/c1-3-9-7-15-8(2)6-13(9)11(14)10-4-5-12-10;/h8-10,12H,3-7H2,1-2H3;1H/t8?,9?,10-;/m1./s1. The maximum atomic E-state index is 12.1. The molecule has 2 aliphatic heterocycles. The number of carbonyl (C=O) groups is 1. The van der Waals surface area contributed by atoms with E-state index in [1.54, 1.807) is 0 Å². The molecule has 2 heterocycles. The molecule has 16 heavy (non-hydrogen) atoms. The van der Waals surface area contributed by atoms with Crippen LogP contribution in [0, 0.1) is 0 Å². The Labute approximate surface area is 103 Å². The van der Waals surface area contributed by atoms with Crippen LogP contribution in [0.1, 0.15) is 26.7 Å². The van der Waals surface area contributed by atoms with Crippen molar-refractivity contribution in [1.82, 2.24) is 10.2 Å². The zero-order valence-corrected chi connectivity index (χ0v) is 10.8. The number of hydrogen-bond acceptors (Lipinski definition) is 3. The first-order chi connectivity index (χ1) is 7.22. The van der Waals surface area contributed by atoms with Gasteiger partial charge in [0.05, 0.1) is 24.8 Å². The fourth-order valence-electron chi connectivity index (χ4n) is 2.15. The summed E-state index contributed by atoms with van der Waals surface area (Å²) in [4.78, 5) is 14.1. The predicted molar refractivity (Wildman–Crippen MR) is 64.9 cm³/mol. The van der Waals surface area contributed by atoms with Crippen LogP contribution in [0.4, 0.5) is 0 Å². The number of rotatable bonds is 2. The van der Waals surface area contributed by atoms with Gasteiger partial charge in [0, 0.05) is 6.54 Å². The molecule has 0 aromatic rings. The first kappa shape index (κ1) is 13.7. The zero-order chi connectivity index (χ0) is 10.8. The lowest BCUT2D eigenvalue weighted by Crippen LogP contribution is -2.60. The second-order valence-corrected chi connectivity index (χ2v) is 4.49. The van der Waals surface area contributed by atoms with E-state index in [9.17, 15) is 4.79 Å². The summed E-state index contributed by atoms with van der Waals surface area (Å²) < 4.78 is 5.58. The molecule has 2 rings (SSSR count). The average Bonchev–Trinajstić information content (AvgIpc) is 2.15. The van der Waals surface area contributed by atoms with Crippen molar-refractivity contribution in [2.75, 3.05) is 19.7 Å². The number of nitrogens with zero attached hydrogens (tertiary/aromatic N) is 1. The van der Waals surface area contributed by atoms with Gasteiger partial charge in [0.1, 0.15) is 0 Å². The number of ether oxygens (including phenoxy) is 1. The number of hydrogen-bond donors (Lipinski definition) is 1. The van der Waals surface area contributed by atoms with Crippen molar-refractivity contribution in [3.63, 3.8) is 0 Å². The van der Waals surface area contributed by atoms with Crippen molar-refractivity contribution in [1.29, 1.82) is 0 Å². The van der Waals surface area contributed by atoms with Gasteiger partial charge in [-0.25, -0.2) is 0 Å². The van der Waals surface area contributed by atoms with Gasteiger partial charge < -0.3 is 15.0 Å². The van der Waals surface area contributed by atoms with E-state index in [1.807, 2.05) is 11.8 Å². The summed E-state index contributed by atoms with van der Waals surface area (Å²) in [7, 11) is 0. The van der Waals surface area contributed by atoms with Gasteiger partial charge in [0.2, 0.25) is 5.91 Å². The molecule has 0 radical (unpaired) electrons. The molecule has 2 aliphatic rings. The lowest BCUT2D eigenvalue weighted by molar-refractivity contribution is -0.148. The summed E-state index contributed by atoms with van der Waals surface area (Å²) >= 11 is 0. The highest BCUT2D eigenvalue weighted by atomic mass is 35.5. The van der Waals surface area contributed by atoms with Crippen molar-refractivity contribution in [2.45, 2.75) is 44.9 Å². The monoisotopic (exact) mass is 248 g/mol. The van der Waals surface area contributed by atoms with Crippen LogP contribution in [0.3, 0.4) is 0 Å². The number of nitrogens with one attached hydrogen (secondary N) is 1. The van der Waals surface area contributed by atoms with Gasteiger partial charge >= 0.3 is 0 Å². The molecule has 1 amide bonds. The molecule has 2 fully saturated rings. The van der Waals surface area contributed by atoms with Crippen molar-refractivity contribution >= 4 is 18.3 Å². The zero-order valence-electron chi connectivity index (χ0n) is 9.94. The van der Waals surface area contributed by atoms with Crippen molar-refractivity contribution in [2.24, 2.45) is 0 Å². The highest BCUT2D eigenvalue weighted by Crippen LogP contribution is 2.17. The van der Waals surface area contributed by atoms with Gasteiger partial charge in [-0.2, -0.15) is 0 Å². The lowest BCUT2D eigenvalue weighted by Gasteiger charge is -2.41. The van der Waals surface area contributed by atoms with Gasteiger partial charge in [-0.3, -0.25) is 4.79 Å². The Hall–Kier alpha value is -0.320. The minimum absolute atomic E-state index is 0. The Bertz CT molecular complexity index is 246. The summed E-state index contributed by atoms with van der Waals surface area (Å²) in [5.41, 5.74) is 0. The van der Waals surface area contributed by atoms with Crippen LogP contribution in [0.2, 0.25) is 0 Å². The van der Waals surface area contributed by atoms with Crippen LogP contribution >= 0.6 is 12.4 Å². The summed E-state index contributed by atoms with van der Waals surface area (Å²) in [5, 5.41) is 3.17. The van der Waals surface area contributed by atoms with Crippen LogP contribution in [0.5, 0.6) is 0 Å². The third-order valence-corrected chi connectivity index (χ3v) is 3.34. The van der Waals surface area contributed by atoms with Crippen molar-refractivity contribution in [3.8, 4) is 0 Å². The Morgan fingerprint density at radius 2 is 2.25 bits per heavy atom. The molecule has 0 aliphatic carbocycles. The second-order valence-electron chi connectivity index (χ2n) is 4.49. The van der Waals surface area contributed by atoms with Gasteiger partial charge in [-0.05, 0) is 26.3 Å². The minimum atomic E-state index is 0. The molecule has 4 nitrogen and oxygen atoms in total. The number of morpholine rings is 1. The average molecular weight is 249 g/mol. The minimum Gasteiger partial charge on any atom is -0.375 e.